The predicted molar refractivity (Wildman–Crippen MR) is 101 cm³/mol. The molecule has 26 heavy (non-hydrogen) atoms. The smallest absolute Gasteiger partial charge is 0.253 e. The molecular formula is C19H21N3O3S. The van der Waals surface area contributed by atoms with E-state index in [9.17, 15) is 14.4 Å². The van der Waals surface area contributed by atoms with Crippen molar-refractivity contribution in [2.24, 2.45) is 11.7 Å². The van der Waals surface area contributed by atoms with E-state index in [1.54, 1.807) is 29.3 Å². The number of nitrogens with zero attached hydrogens (tertiary/aromatic N) is 1. The number of anilines is 1. The third-order valence-electron chi connectivity index (χ3n) is 4.63. The molecule has 1 aromatic heterocycles. The molecule has 2 heterocycles. The molecule has 3 rings (SSSR count). The number of rotatable bonds is 4. The van der Waals surface area contributed by atoms with Crippen LogP contribution >= 0.6 is 11.3 Å². The minimum Gasteiger partial charge on any atom is -0.365 e. The molecule has 7 heteroatoms. The Balaban J connectivity index is 1.59. The molecule has 3 N–H and O–H groups in total. The molecule has 1 fully saturated rings. The van der Waals surface area contributed by atoms with Crippen LogP contribution in [0.15, 0.2) is 35.7 Å². The maximum atomic E-state index is 12.5. The normalized spacial score (nSPS) is 14.9. The molecule has 1 aromatic carbocycles. The van der Waals surface area contributed by atoms with Crippen LogP contribution in [0.5, 0.6) is 0 Å². The zero-order valence-corrected chi connectivity index (χ0v) is 15.3. The first-order valence-electron chi connectivity index (χ1n) is 8.50. The second-order valence-electron chi connectivity index (χ2n) is 6.41. The molecule has 0 aliphatic carbocycles. The highest BCUT2D eigenvalue weighted by molar-refractivity contribution is 7.15. The van der Waals surface area contributed by atoms with Gasteiger partial charge >= 0.3 is 0 Å². The van der Waals surface area contributed by atoms with Gasteiger partial charge in [-0.1, -0.05) is 18.2 Å². The quantitative estimate of drug-likeness (QED) is 0.865. The number of carbonyl (C=O) groups excluding carboxylic acids is 3. The van der Waals surface area contributed by atoms with E-state index in [4.69, 9.17) is 5.73 Å². The van der Waals surface area contributed by atoms with Gasteiger partial charge in [0, 0.05) is 24.6 Å². The average Bonchev–Trinajstić information content (AvgIpc) is 3.02. The molecular weight excluding hydrogens is 350 g/mol. The summed E-state index contributed by atoms with van der Waals surface area (Å²) in [4.78, 5) is 38.3. The van der Waals surface area contributed by atoms with Gasteiger partial charge in [-0.05, 0) is 42.8 Å². The van der Waals surface area contributed by atoms with E-state index in [0.29, 0.717) is 42.1 Å². The summed E-state index contributed by atoms with van der Waals surface area (Å²) in [5.74, 6) is -0.851. The Bertz CT molecular complexity index is 824. The van der Waals surface area contributed by atoms with Crippen LogP contribution in [0.1, 0.15) is 39.1 Å². The highest BCUT2D eigenvalue weighted by atomic mass is 32.1. The van der Waals surface area contributed by atoms with Gasteiger partial charge in [0.2, 0.25) is 5.91 Å². The molecule has 0 radical (unpaired) electrons. The van der Waals surface area contributed by atoms with Crippen molar-refractivity contribution < 1.29 is 14.4 Å². The van der Waals surface area contributed by atoms with E-state index >= 15 is 0 Å². The molecule has 0 bridgehead atoms. The number of nitrogens with two attached hydrogens (primary N) is 1. The summed E-state index contributed by atoms with van der Waals surface area (Å²) in [6.45, 7) is 2.87. The van der Waals surface area contributed by atoms with Gasteiger partial charge in [0.15, 0.2) is 0 Å². The van der Waals surface area contributed by atoms with Gasteiger partial charge in [0.1, 0.15) is 5.00 Å². The highest BCUT2D eigenvalue weighted by Crippen LogP contribution is 2.29. The lowest BCUT2D eigenvalue weighted by molar-refractivity contribution is -0.121. The van der Waals surface area contributed by atoms with E-state index < -0.39 is 5.91 Å². The molecule has 1 aliphatic rings. The Hall–Kier alpha value is -2.67. The monoisotopic (exact) mass is 371 g/mol. The summed E-state index contributed by atoms with van der Waals surface area (Å²) in [5.41, 5.74) is 7.20. The lowest BCUT2D eigenvalue weighted by Gasteiger charge is -2.31. The number of carbonyl (C=O) groups is 3. The number of primary amides is 1. The molecule has 1 saturated heterocycles. The van der Waals surface area contributed by atoms with Crippen molar-refractivity contribution in [2.75, 3.05) is 18.4 Å². The van der Waals surface area contributed by atoms with Gasteiger partial charge in [-0.3, -0.25) is 14.4 Å². The largest absolute Gasteiger partial charge is 0.365 e. The summed E-state index contributed by atoms with van der Waals surface area (Å²) in [7, 11) is 0. The Morgan fingerprint density at radius 1 is 1.15 bits per heavy atom. The topological polar surface area (TPSA) is 92.5 Å². The van der Waals surface area contributed by atoms with Crippen LogP contribution in [0.4, 0.5) is 5.00 Å². The summed E-state index contributed by atoms with van der Waals surface area (Å²) in [6.07, 6.45) is 1.20. The molecule has 136 valence electrons. The maximum absolute atomic E-state index is 12.5. The van der Waals surface area contributed by atoms with E-state index in [0.717, 1.165) is 5.56 Å². The fourth-order valence-electron chi connectivity index (χ4n) is 3.16. The number of aryl methyl sites for hydroxylation is 1. The number of thiophene rings is 1. The Morgan fingerprint density at radius 2 is 1.81 bits per heavy atom. The van der Waals surface area contributed by atoms with Crippen molar-refractivity contribution in [3.8, 4) is 0 Å². The Morgan fingerprint density at radius 3 is 2.42 bits per heavy atom. The molecule has 1 aliphatic heterocycles. The first-order chi connectivity index (χ1) is 12.5. The minimum absolute atomic E-state index is 0.00523. The van der Waals surface area contributed by atoms with Crippen LogP contribution < -0.4 is 11.1 Å². The van der Waals surface area contributed by atoms with Gasteiger partial charge < -0.3 is 16.0 Å². The van der Waals surface area contributed by atoms with Gasteiger partial charge in [-0.2, -0.15) is 0 Å². The van der Waals surface area contributed by atoms with Crippen molar-refractivity contribution in [2.45, 2.75) is 19.8 Å². The van der Waals surface area contributed by atoms with Gasteiger partial charge in [-0.15, -0.1) is 11.3 Å². The number of benzene rings is 1. The van der Waals surface area contributed by atoms with E-state index in [1.165, 1.54) is 11.3 Å². The lowest BCUT2D eigenvalue weighted by Crippen LogP contribution is -2.41. The number of hydrogen-bond acceptors (Lipinski definition) is 4. The van der Waals surface area contributed by atoms with Crippen molar-refractivity contribution in [3.63, 3.8) is 0 Å². The first kappa shape index (κ1) is 18.1. The van der Waals surface area contributed by atoms with Crippen molar-refractivity contribution in [1.29, 1.82) is 0 Å². The van der Waals surface area contributed by atoms with Crippen LogP contribution in [0.3, 0.4) is 0 Å². The summed E-state index contributed by atoms with van der Waals surface area (Å²) >= 11 is 1.30. The predicted octanol–water partition coefficient (Wildman–Crippen LogP) is 2.65. The van der Waals surface area contributed by atoms with E-state index in [2.05, 4.69) is 5.32 Å². The van der Waals surface area contributed by atoms with Crippen LogP contribution in [0.25, 0.3) is 0 Å². The van der Waals surface area contributed by atoms with Gasteiger partial charge in [-0.25, -0.2) is 0 Å². The van der Waals surface area contributed by atoms with E-state index in [1.807, 2.05) is 18.2 Å². The molecule has 0 unspecified atom stereocenters. The summed E-state index contributed by atoms with van der Waals surface area (Å²) < 4.78 is 0. The molecule has 6 nitrogen and oxygen atoms in total. The highest BCUT2D eigenvalue weighted by Gasteiger charge is 2.28. The average molecular weight is 371 g/mol. The SMILES string of the molecule is Cc1csc(NC(=O)C2CCN(C(=O)c3ccccc3)CC2)c1C(N)=O. The number of amides is 3. The molecule has 0 saturated carbocycles. The van der Waals surface area contributed by atoms with Crippen molar-refractivity contribution >= 4 is 34.1 Å². The van der Waals surface area contributed by atoms with Gasteiger partial charge in [0.05, 0.1) is 5.56 Å². The van der Waals surface area contributed by atoms with E-state index in [-0.39, 0.29) is 17.7 Å². The van der Waals surface area contributed by atoms with Gasteiger partial charge in [0.25, 0.3) is 11.8 Å². The third kappa shape index (κ3) is 3.77. The van der Waals surface area contributed by atoms with Crippen LogP contribution in [0.2, 0.25) is 0 Å². The fraction of sp³-hybridized carbons (Fsp3) is 0.316. The zero-order valence-electron chi connectivity index (χ0n) is 14.5. The minimum atomic E-state index is -0.540. The number of piperidine rings is 1. The standard InChI is InChI=1S/C19H21N3O3S/c1-12-11-26-18(15(12)16(20)23)21-17(24)13-7-9-22(10-8-13)19(25)14-5-3-2-4-6-14/h2-6,11,13H,7-10H2,1H3,(H2,20,23)(H,21,24). The molecule has 0 spiro atoms. The maximum Gasteiger partial charge on any atom is 0.253 e. The third-order valence-corrected chi connectivity index (χ3v) is 5.65. The molecule has 3 amide bonds. The van der Waals surface area contributed by atoms with Crippen molar-refractivity contribution in [3.05, 3.63) is 52.4 Å². The molecule has 2 aromatic rings. The van der Waals surface area contributed by atoms with Crippen LogP contribution in [0, 0.1) is 12.8 Å². The van der Waals surface area contributed by atoms with Crippen LogP contribution in [-0.4, -0.2) is 35.7 Å². The van der Waals surface area contributed by atoms with Crippen molar-refractivity contribution in [1.82, 2.24) is 4.90 Å². The number of hydrogen-bond donors (Lipinski definition) is 2. The Kier molecular flexibility index (Phi) is 5.37. The summed E-state index contributed by atoms with van der Waals surface area (Å²) in [5, 5.41) is 5.14. The molecule has 0 atom stereocenters. The number of likely N-dealkylation sites (tertiary alicyclic amines) is 1. The fourth-order valence-corrected chi connectivity index (χ4v) is 4.12. The van der Waals surface area contributed by atoms with Crippen LogP contribution in [-0.2, 0) is 4.79 Å². The summed E-state index contributed by atoms with van der Waals surface area (Å²) in [6, 6.07) is 9.15. The lowest BCUT2D eigenvalue weighted by atomic mass is 9.95. The first-order valence-corrected chi connectivity index (χ1v) is 9.38. The second-order valence-corrected chi connectivity index (χ2v) is 7.29. The Labute approximate surface area is 156 Å². The number of nitrogens with one attached hydrogen (secondary N) is 1. The zero-order chi connectivity index (χ0) is 18.7. The second kappa shape index (κ2) is 7.70.